The summed E-state index contributed by atoms with van der Waals surface area (Å²) in [6, 6.07) is 6.54. The zero-order valence-electron chi connectivity index (χ0n) is 15.0. The highest BCUT2D eigenvalue weighted by Crippen LogP contribution is 2.35. The van der Waals surface area contributed by atoms with Crippen molar-refractivity contribution in [2.75, 3.05) is 29.0 Å². The summed E-state index contributed by atoms with van der Waals surface area (Å²) in [5.74, 6) is -5.75. The number of hydrogen-bond acceptors (Lipinski definition) is 4. The third kappa shape index (κ3) is 3.95. The fourth-order valence-corrected chi connectivity index (χ4v) is 3.24. The first kappa shape index (κ1) is 19.3. The van der Waals surface area contributed by atoms with E-state index in [4.69, 9.17) is 10.5 Å². The molecule has 0 aliphatic carbocycles. The van der Waals surface area contributed by atoms with Gasteiger partial charge in [0.25, 0.3) is 0 Å². The predicted octanol–water partition coefficient (Wildman–Crippen LogP) is 4.05. The number of rotatable bonds is 4. The quantitative estimate of drug-likeness (QED) is 0.475. The van der Waals surface area contributed by atoms with Gasteiger partial charge in [0, 0.05) is 25.3 Å². The largest absolute Gasteiger partial charge is 0.399 e. The van der Waals surface area contributed by atoms with Crippen molar-refractivity contribution in [2.24, 2.45) is 0 Å². The summed E-state index contributed by atoms with van der Waals surface area (Å²) in [6.07, 6.45) is -0.635. The molecule has 8 heteroatoms. The van der Waals surface area contributed by atoms with E-state index in [1.165, 1.54) is 4.90 Å². The number of ether oxygens (including phenoxy) is 1. The van der Waals surface area contributed by atoms with Crippen LogP contribution in [0.2, 0.25) is 0 Å². The number of anilines is 3. The molecular formula is C19H21F4N3O. The van der Waals surface area contributed by atoms with Gasteiger partial charge in [-0.25, -0.2) is 17.6 Å². The Balaban J connectivity index is 1.90. The summed E-state index contributed by atoms with van der Waals surface area (Å²) in [4.78, 5) is 1.28. The number of nitrogens with two attached hydrogens (primary N) is 1. The van der Waals surface area contributed by atoms with Gasteiger partial charge in [-0.1, -0.05) is 12.1 Å². The number of nitrogen functional groups attached to an aromatic ring is 1. The fraction of sp³-hybridized carbons (Fsp3) is 0.368. The molecular weight excluding hydrogens is 362 g/mol. The van der Waals surface area contributed by atoms with E-state index in [0.29, 0.717) is 11.3 Å². The SMILES string of the molecule is CC1CN(c2c(F)c(F)c(NCc3ccc(N)cc3)c(F)c2F)CC(C)O1. The molecule has 1 saturated heterocycles. The summed E-state index contributed by atoms with van der Waals surface area (Å²) < 4.78 is 63.7. The van der Waals surface area contributed by atoms with Crippen LogP contribution < -0.4 is 16.0 Å². The maximum Gasteiger partial charge on any atom is 0.187 e. The Hall–Kier alpha value is -2.48. The van der Waals surface area contributed by atoms with E-state index in [1.807, 2.05) is 0 Å². The number of halogens is 4. The first-order valence-electron chi connectivity index (χ1n) is 8.62. The normalized spacial score (nSPS) is 20.0. The Bertz CT molecular complexity index is 790. The second-order valence-electron chi connectivity index (χ2n) is 6.74. The molecule has 2 aromatic carbocycles. The number of hydrogen-bond donors (Lipinski definition) is 2. The van der Waals surface area contributed by atoms with Crippen LogP contribution in [0.4, 0.5) is 34.6 Å². The van der Waals surface area contributed by atoms with Crippen molar-refractivity contribution in [3.63, 3.8) is 0 Å². The second kappa shape index (κ2) is 7.64. The molecule has 1 aliphatic heterocycles. The monoisotopic (exact) mass is 383 g/mol. The Morgan fingerprint density at radius 3 is 2.00 bits per heavy atom. The number of benzene rings is 2. The summed E-state index contributed by atoms with van der Waals surface area (Å²) in [6.45, 7) is 3.71. The maximum absolute atomic E-state index is 14.6. The summed E-state index contributed by atoms with van der Waals surface area (Å²) >= 11 is 0. The van der Waals surface area contributed by atoms with Crippen LogP contribution in [0.5, 0.6) is 0 Å². The van der Waals surface area contributed by atoms with Crippen LogP contribution in [0.25, 0.3) is 0 Å². The zero-order valence-corrected chi connectivity index (χ0v) is 15.0. The van der Waals surface area contributed by atoms with Crippen LogP contribution in [0.15, 0.2) is 24.3 Å². The van der Waals surface area contributed by atoms with E-state index < -0.39 is 34.6 Å². The Morgan fingerprint density at radius 1 is 0.963 bits per heavy atom. The van der Waals surface area contributed by atoms with Crippen molar-refractivity contribution in [1.82, 2.24) is 0 Å². The molecule has 4 nitrogen and oxygen atoms in total. The van der Waals surface area contributed by atoms with Gasteiger partial charge in [-0.2, -0.15) is 0 Å². The molecule has 0 radical (unpaired) electrons. The van der Waals surface area contributed by atoms with Crippen molar-refractivity contribution >= 4 is 17.1 Å². The molecule has 0 bridgehead atoms. The summed E-state index contributed by atoms with van der Waals surface area (Å²) in [5, 5.41) is 2.43. The van der Waals surface area contributed by atoms with E-state index in [0.717, 1.165) is 0 Å². The predicted molar refractivity (Wildman–Crippen MR) is 96.7 cm³/mol. The molecule has 0 saturated carbocycles. The second-order valence-corrected chi connectivity index (χ2v) is 6.74. The van der Waals surface area contributed by atoms with E-state index in [-0.39, 0.29) is 31.8 Å². The maximum atomic E-state index is 14.6. The number of nitrogens with one attached hydrogen (secondary N) is 1. The average molecular weight is 383 g/mol. The molecule has 0 spiro atoms. The standard InChI is InChI=1S/C19H21F4N3O/c1-10-8-26(9-11(2)27-10)19-16(22)14(20)18(15(21)17(19)23)25-7-12-3-5-13(24)6-4-12/h3-6,10-11,25H,7-9,24H2,1-2H3. The van der Waals surface area contributed by atoms with Gasteiger partial charge in [-0.05, 0) is 31.5 Å². The van der Waals surface area contributed by atoms with Gasteiger partial charge in [0.05, 0.1) is 12.2 Å². The van der Waals surface area contributed by atoms with Crippen LogP contribution in [-0.2, 0) is 11.3 Å². The molecule has 1 aliphatic rings. The molecule has 2 atom stereocenters. The lowest BCUT2D eigenvalue weighted by atomic mass is 10.1. The smallest absolute Gasteiger partial charge is 0.187 e. The van der Waals surface area contributed by atoms with Gasteiger partial charge in [0.15, 0.2) is 23.3 Å². The first-order valence-corrected chi connectivity index (χ1v) is 8.62. The van der Waals surface area contributed by atoms with Crippen LogP contribution in [0.1, 0.15) is 19.4 Å². The molecule has 1 fully saturated rings. The zero-order chi connectivity index (χ0) is 19.7. The van der Waals surface area contributed by atoms with E-state index in [2.05, 4.69) is 5.32 Å². The molecule has 3 N–H and O–H groups in total. The summed E-state index contributed by atoms with van der Waals surface area (Å²) in [7, 11) is 0. The summed E-state index contributed by atoms with van der Waals surface area (Å²) in [5.41, 5.74) is 5.23. The molecule has 2 aromatic rings. The Labute approximate surface area is 154 Å². The van der Waals surface area contributed by atoms with Gasteiger partial charge in [0.1, 0.15) is 11.4 Å². The highest BCUT2D eigenvalue weighted by Gasteiger charge is 2.32. The number of nitrogens with zero attached hydrogens (tertiary/aromatic N) is 1. The molecule has 0 amide bonds. The van der Waals surface area contributed by atoms with Crippen molar-refractivity contribution in [2.45, 2.75) is 32.6 Å². The molecule has 2 unspecified atom stereocenters. The molecule has 0 aromatic heterocycles. The third-order valence-corrected chi connectivity index (χ3v) is 4.43. The molecule has 1 heterocycles. The van der Waals surface area contributed by atoms with Crippen LogP contribution >= 0.6 is 0 Å². The van der Waals surface area contributed by atoms with Gasteiger partial charge >= 0.3 is 0 Å². The van der Waals surface area contributed by atoms with Crippen LogP contribution in [-0.4, -0.2) is 25.3 Å². The van der Waals surface area contributed by atoms with E-state index in [1.54, 1.807) is 38.1 Å². The minimum atomic E-state index is -1.45. The number of morpholine rings is 1. The van der Waals surface area contributed by atoms with Crippen molar-refractivity contribution < 1.29 is 22.3 Å². The molecule has 146 valence electrons. The van der Waals surface area contributed by atoms with E-state index >= 15 is 0 Å². The highest BCUT2D eigenvalue weighted by molar-refractivity contribution is 5.60. The van der Waals surface area contributed by atoms with Crippen LogP contribution in [0.3, 0.4) is 0 Å². The minimum Gasteiger partial charge on any atom is -0.399 e. The van der Waals surface area contributed by atoms with Gasteiger partial charge in [-0.3, -0.25) is 0 Å². The molecule has 3 rings (SSSR count). The first-order chi connectivity index (χ1) is 12.8. The fourth-order valence-electron chi connectivity index (χ4n) is 3.24. The lowest BCUT2D eigenvalue weighted by Gasteiger charge is -2.37. The van der Waals surface area contributed by atoms with Gasteiger partial charge in [0.2, 0.25) is 0 Å². The van der Waals surface area contributed by atoms with Crippen molar-refractivity contribution in [1.29, 1.82) is 0 Å². The molecule has 27 heavy (non-hydrogen) atoms. The van der Waals surface area contributed by atoms with Crippen LogP contribution in [0, 0.1) is 23.3 Å². The average Bonchev–Trinajstić information content (AvgIpc) is 2.61. The minimum absolute atomic E-state index is 0.0159. The van der Waals surface area contributed by atoms with Crippen molar-refractivity contribution in [3.05, 3.63) is 53.1 Å². The van der Waals surface area contributed by atoms with Crippen molar-refractivity contribution in [3.8, 4) is 0 Å². The highest BCUT2D eigenvalue weighted by atomic mass is 19.2. The van der Waals surface area contributed by atoms with Gasteiger partial charge < -0.3 is 20.7 Å². The van der Waals surface area contributed by atoms with Gasteiger partial charge in [-0.15, -0.1) is 0 Å². The Kier molecular flexibility index (Phi) is 5.46. The Morgan fingerprint density at radius 2 is 1.48 bits per heavy atom. The van der Waals surface area contributed by atoms with E-state index in [9.17, 15) is 17.6 Å². The lowest BCUT2D eigenvalue weighted by molar-refractivity contribution is -0.00565. The topological polar surface area (TPSA) is 50.5 Å². The lowest BCUT2D eigenvalue weighted by Crippen LogP contribution is -2.46. The third-order valence-electron chi connectivity index (χ3n) is 4.43.